The van der Waals surface area contributed by atoms with Crippen LogP contribution in [0.1, 0.15) is 78.5 Å². The van der Waals surface area contributed by atoms with Gasteiger partial charge in [0, 0.05) is 55.8 Å². The van der Waals surface area contributed by atoms with E-state index in [9.17, 15) is 9.59 Å². The van der Waals surface area contributed by atoms with Crippen LogP contribution in [0.4, 0.5) is 10.5 Å². The van der Waals surface area contributed by atoms with Gasteiger partial charge in [0.15, 0.2) is 0 Å². The lowest BCUT2D eigenvalue weighted by Crippen LogP contribution is -2.46. The summed E-state index contributed by atoms with van der Waals surface area (Å²) in [4.78, 5) is 28.0. The molecule has 3 aromatic rings. The molecule has 0 bridgehead atoms. The molecule has 7 heteroatoms. The number of hydrogen-bond acceptors (Lipinski definition) is 4. The van der Waals surface area contributed by atoms with Crippen LogP contribution in [0.5, 0.6) is 0 Å². The molecule has 6 rings (SSSR count). The van der Waals surface area contributed by atoms with Crippen molar-refractivity contribution in [3.05, 3.63) is 64.8 Å². The molecule has 1 amide bonds. The fraction of sp³-hybridized carbons (Fsp3) is 0.467. The number of aryl methyl sites for hydroxylation is 1. The number of hydrogen-bond donors (Lipinski definition) is 1. The van der Waals surface area contributed by atoms with Crippen molar-refractivity contribution in [1.29, 1.82) is 0 Å². The van der Waals surface area contributed by atoms with Crippen LogP contribution >= 0.6 is 0 Å². The second-order valence-electron chi connectivity index (χ2n) is 11.4. The van der Waals surface area contributed by atoms with Crippen molar-refractivity contribution in [2.24, 2.45) is 0 Å². The molecule has 1 spiro atoms. The third kappa shape index (κ3) is 4.39. The van der Waals surface area contributed by atoms with Crippen LogP contribution in [0.3, 0.4) is 0 Å². The number of rotatable bonds is 6. The molecule has 1 aliphatic carbocycles. The maximum atomic E-state index is 12.7. The first-order valence-corrected chi connectivity index (χ1v) is 13.4. The minimum Gasteiger partial charge on any atom is -0.478 e. The number of anilines is 1. The number of carboxylic acids is 1. The molecule has 0 unspecified atom stereocenters. The van der Waals surface area contributed by atoms with Gasteiger partial charge in [0.25, 0.3) is 0 Å². The topological polar surface area (TPSA) is 75.0 Å². The van der Waals surface area contributed by atoms with Crippen LogP contribution in [0.2, 0.25) is 0 Å². The van der Waals surface area contributed by atoms with Gasteiger partial charge in [-0.25, -0.2) is 9.59 Å². The van der Waals surface area contributed by atoms with Crippen LogP contribution in [0, 0.1) is 6.92 Å². The number of carbonyl (C=O) groups excluding carboxylic acids is 1. The van der Waals surface area contributed by atoms with E-state index >= 15 is 0 Å². The summed E-state index contributed by atoms with van der Waals surface area (Å²) in [6.45, 7) is 9.88. The van der Waals surface area contributed by atoms with E-state index in [2.05, 4.69) is 48.6 Å². The fourth-order valence-electron chi connectivity index (χ4n) is 6.11. The number of aromatic nitrogens is 1. The Bertz CT molecular complexity index is 1360. The molecule has 3 heterocycles. The van der Waals surface area contributed by atoms with Crippen LogP contribution < -0.4 is 4.90 Å². The van der Waals surface area contributed by atoms with Crippen molar-refractivity contribution in [3.8, 4) is 0 Å². The highest BCUT2D eigenvalue weighted by Gasteiger charge is 2.47. The number of benzene rings is 2. The molecule has 0 radical (unpaired) electrons. The number of nitrogens with zero attached hydrogens (tertiary/aromatic N) is 3. The Morgan fingerprint density at radius 1 is 1.14 bits per heavy atom. The van der Waals surface area contributed by atoms with Gasteiger partial charge in [-0.2, -0.15) is 0 Å². The zero-order chi connectivity index (χ0) is 25.9. The molecule has 1 aromatic heterocycles. The molecule has 7 nitrogen and oxygen atoms in total. The van der Waals surface area contributed by atoms with E-state index in [0.717, 1.165) is 38.4 Å². The molecule has 2 aliphatic heterocycles. The van der Waals surface area contributed by atoms with E-state index in [1.807, 2.05) is 0 Å². The van der Waals surface area contributed by atoms with Crippen molar-refractivity contribution in [2.75, 3.05) is 24.5 Å². The molecule has 0 atom stereocenters. The second kappa shape index (κ2) is 8.91. The van der Waals surface area contributed by atoms with Crippen molar-refractivity contribution in [3.63, 3.8) is 0 Å². The van der Waals surface area contributed by atoms with Crippen molar-refractivity contribution >= 4 is 28.7 Å². The highest BCUT2D eigenvalue weighted by molar-refractivity contribution is 5.92. The molecule has 1 saturated carbocycles. The summed E-state index contributed by atoms with van der Waals surface area (Å²) in [5, 5.41) is 10.5. The number of carboxylic acid groups (broad SMARTS) is 1. The minimum atomic E-state index is -0.977. The van der Waals surface area contributed by atoms with Crippen molar-refractivity contribution in [1.82, 2.24) is 9.47 Å². The van der Waals surface area contributed by atoms with E-state index in [1.165, 1.54) is 52.6 Å². The molecule has 1 N–H and O–H groups in total. The number of amides is 1. The quantitative estimate of drug-likeness (QED) is 0.442. The third-order valence-electron chi connectivity index (χ3n) is 8.38. The standard InChI is InChI=1S/C30H35N3O4/c1-19(2)32-17-24(26-15-23(21-4-5-21)14-20(3)27(26)32)16-31-12-10-30(11-13-31)18-33(29(36)37-30)25-8-6-22(7-9-25)28(34)35/h6-9,14-15,17,19,21H,4-5,10-13,16,18H2,1-3H3,(H,34,35). The number of aromatic carboxylic acids is 1. The van der Waals surface area contributed by atoms with Crippen LogP contribution in [-0.4, -0.2) is 51.9 Å². The van der Waals surface area contributed by atoms with Gasteiger partial charge >= 0.3 is 12.1 Å². The molecule has 3 aliphatic rings. The van der Waals surface area contributed by atoms with E-state index < -0.39 is 11.6 Å². The minimum absolute atomic E-state index is 0.206. The Labute approximate surface area is 217 Å². The maximum Gasteiger partial charge on any atom is 0.415 e. The third-order valence-corrected chi connectivity index (χ3v) is 8.38. The zero-order valence-corrected chi connectivity index (χ0v) is 21.9. The molecule has 2 aromatic carbocycles. The van der Waals surface area contributed by atoms with Gasteiger partial charge in [0.05, 0.1) is 17.6 Å². The lowest BCUT2D eigenvalue weighted by molar-refractivity contribution is -0.000898. The van der Waals surface area contributed by atoms with E-state index in [0.29, 0.717) is 18.3 Å². The number of piperidine rings is 1. The first kappa shape index (κ1) is 24.0. The predicted octanol–water partition coefficient (Wildman–Crippen LogP) is 6.10. The number of ether oxygens (including phenoxy) is 1. The maximum absolute atomic E-state index is 12.7. The average Bonchev–Trinajstić information content (AvgIpc) is 3.59. The monoisotopic (exact) mass is 501 g/mol. The van der Waals surface area contributed by atoms with E-state index in [4.69, 9.17) is 9.84 Å². The summed E-state index contributed by atoms with van der Waals surface area (Å²) in [5.74, 6) is -0.247. The zero-order valence-electron chi connectivity index (χ0n) is 21.9. The van der Waals surface area contributed by atoms with Crippen LogP contribution in [-0.2, 0) is 11.3 Å². The number of carbonyl (C=O) groups is 2. The lowest BCUT2D eigenvalue weighted by atomic mass is 9.91. The molecule has 3 fully saturated rings. The summed E-state index contributed by atoms with van der Waals surface area (Å²) in [6.07, 6.45) is 6.19. The van der Waals surface area contributed by atoms with Gasteiger partial charge in [0.2, 0.25) is 0 Å². The van der Waals surface area contributed by atoms with Gasteiger partial charge in [-0.15, -0.1) is 0 Å². The molecule has 37 heavy (non-hydrogen) atoms. The fourth-order valence-corrected chi connectivity index (χ4v) is 6.11. The average molecular weight is 502 g/mol. The van der Waals surface area contributed by atoms with Gasteiger partial charge < -0.3 is 14.4 Å². The Balaban J connectivity index is 1.17. The second-order valence-corrected chi connectivity index (χ2v) is 11.4. The van der Waals surface area contributed by atoms with Gasteiger partial charge in [0.1, 0.15) is 5.60 Å². The molecular weight excluding hydrogens is 466 g/mol. The van der Waals surface area contributed by atoms with Crippen LogP contribution in [0.15, 0.2) is 42.6 Å². The van der Waals surface area contributed by atoms with Crippen molar-refractivity contribution < 1.29 is 19.4 Å². The highest BCUT2D eigenvalue weighted by Crippen LogP contribution is 2.43. The lowest BCUT2D eigenvalue weighted by Gasteiger charge is -2.37. The van der Waals surface area contributed by atoms with Crippen molar-refractivity contribution in [2.45, 2.75) is 70.6 Å². The van der Waals surface area contributed by atoms with E-state index in [1.54, 1.807) is 17.0 Å². The Morgan fingerprint density at radius 2 is 1.84 bits per heavy atom. The summed E-state index contributed by atoms with van der Waals surface area (Å²) in [5.41, 5.74) is 5.99. The summed E-state index contributed by atoms with van der Waals surface area (Å²) < 4.78 is 8.37. The van der Waals surface area contributed by atoms with Crippen LogP contribution in [0.25, 0.3) is 10.9 Å². The number of fused-ring (bicyclic) bond motifs is 1. The normalized spacial score (nSPS) is 19.8. The first-order valence-electron chi connectivity index (χ1n) is 13.4. The Kier molecular flexibility index (Phi) is 5.79. The molecule has 2 saturated heterocycles. The van der Waals surface area contributed by atoms with Gasteiger partial charge in [-0.05, 0) is 86.6 Å². The van der Waals surface area contributed by atoms with Gasteiger partial charge in [-0.3, -0.25) is 9.80 Å². The number of likely N-dealkylation sites (tertiary alicyclic amines) is 1. The molecule has 194 valence electrons. The summed E-state index contributed by atoms with van der Waals surface area (Å²) in [7, 11) is 0. The van der Waals surface area contributed by atoms with E-state index in [-0.39, 0.29) is 11.7 Å². The smallest absolute Gasteiger partial charge is 0.415 e. The SMILES string of the molecule is Cc1cc(C2CC2)cc2c(CN3CCC4(CC3)CN(c3ccc(C(=O)O)cc3)C(=O)O4)cn(C(C)C)c12. The van der Waals surface area contributed by atoms with Gasteiger partial charge in [-0.1, -0.05) is 6.07 Å². The summed E-state index contributed by atoms with van der Waals surface area (Å²) >= 11 is 0. The Hall–Kier alpha value is -3.32. The molecular formula is C30H35N3O4. The Morgan fingerprint density at radius 3 is 2.46 bits per heavy atom. The first-order chi connectivity index (χ1) is 17.7. The predicted molar refractivity (Wildman–Crippen MR) is 144 cm³/mol. The highest BCUT2D eigenvalue weighted by atomic mass is 16.6. The summed E-state index contributed by atoms with van der Waals surface area (Å²) in [6, 6.07) is 11.7. The largest absolute Gasteiger partial charge is 0.478 e.